The summed E-state index contributed by atoms with van der Waals surface area (Å²) in [6, 6.07) is 7.73. The van der Waals surface area contributed by atoms with E-state index < -0.39 is 5.41 Å². The molecule has 5 heteroatoms. The number of piperidine rings is 2. The van der Waals surface area contributed by atoms with Crippen LogP contribution in [0, 0.1) is 11.8 Å². The van der Waals surface area contributed by atoms with Gasteiger partial charge in [0.2, 0.25) is 0 Å². The third-order valence-electron chi connectivity index (χ3n) is 6.69. The van der Waals surface area contributed by atoms with Crippen molar-refractivity contribution in [3.63, 3.8) is 0 Å². The number of hydrogen-bond acceptors (Lipinski definition) is 3. The number of nitrogens with one attached hydrogen (secondary N) is 1. The van der Waals surface area contributed by atoms with Crippen LogP contribution in [0.5, 0.6) is 0 Å². The van der Waals surface area contributed by atoms with Crippen LogP contribution in [0.15, 0.2) is 24.3 Å². The van der Waals surface area contributed by atoms with Crippen molar-refractivity contribution >= 4 is 22.8 Å². The fourth-order valence-corrected chi connectivity index (χ4v) is 5.85. The molecule has 2 aromatic rings. The van der Waals surface area contributed by atoms with E-state index in [-0.39, 0.29) is 17.9 Å². The molecule has 0 radical (unpaired) electrons. The second-order valence-electron chi connectivity index (χ2n) is 7.76. The molecule has 1 amide bonds. The molecular formula is C20H22N2O3. The molecule has 0 spiro atoms. The largest absolute Gasteiger partial charge is 0.468 e. The summed E-state index contributed by atoms with van der Waals surface area (Å²) < 4.78 is 5.30. The number of esters is 1. The second kappa shape index (κ2) is 4.87. The first kappa shape index (κ1) is 15.0. The summed E-state index contributed by atoms with van der Waals surface area (Å²) in [6.45, 7) is 2.92. The Morgan fingerprint density at radius 2 is 2.20 bits per heavy atom. The SMILES string of the molecule is CC[C@H]1C[C@@H]2CN3C(=O)c4c([nH]c5ccccc45)[C@](C(=O)OC)(C2)C13. The minimum Gasteiger partial charge on any atom is -0.468 e. The standard InChI is InChI=1S/C20H22N2O3/c1-3-12-8-11-9-20(19(24)25-2)16-15(18(23)22(10-11)17(12)20)13-6-4-5-7-14(13)21-16/h4-7,11-12,17,21H,3,8-10H2,1-2H3/t11-,12-,17?,20+/m0/s1. The maximum Gasteiger partial charge on any atom is 0.319 e. The van der Waals surface area contributed by atoms with Crippen molar-refractivity contribution in [2.45, 2.75) is 37.6 Å². The first-order valence-corrected chi connectivity index (χ1v) is 9.12. The van der Waals surface area contributed by atoms with Gasteiger partial charge >= 0.3 is 5.97 Å². The van der Waals surface area contributed by atoms with Gasteiger partial charge in [0.15, 0.2) is 0 Å². The lowest BCUT2D eigenvalue weighted by atomic mass is 9.54. The Morgan fingerprint density at radius 1 is 1.40 bits per heavy atom. The molecule has 25 heavy (non-hydrogen) atoms. The number of nitrogens with zero attached hydrogens (tertiary/aromatic N) is 1. The van der Waals surface area contributed by atoms with Gasteiger partial charge in [0.1, 0.15) is 5.41 Å². The topological polar surface area (TPSA) is 62.4 Å². The molecule has 1 saturated carbocycles. The average molecular weight is 338 g/mol. The van der Waals surface area contributed by atoms with E-state index >= 15 is 0 Å². The van der Waals surface area contributed by atoms with Crippen molar-refractivity contribution in [1.29, 1.82) is 0 Å². The Hall–Kier alpha value is -2.30. The molecule has 4 bridgehead atoms. The molecule has 1 N–H and O–H groups in total. The number of methoxy groups -OCH3 is 1. The molecule has 1 aromatic carbocycles. The minimum atomic E-state index is -0.751. The lowest BCUT2D eigenvalue weighted by Gasteiger charge is -2.60. The van der Waals surface area contributed by atoms with Gasteiger partial charge in [-0.15, -0.1) is 0 Å². The quantitative estimate of drug-likeness (QED) is 0.857. The molecule has 3 aliphatic heterocycles. The summed E-state index contributed by atoms with van der Waals surface area (Å²) in [5, 5.41) is 0.909. The fraction of sp³-hybridized carbons (Fsp3) is 0.500. The van der Waals surface area contributed by atoms with Gasteiger partial charge < -0.3 is 14.6 Å². The lowest BCUT2D eigenvalue weighted by Crippen LogP contribution is -2.71. The predicted octanol–water partition coefficient (Wildman–Crippen LogP) is 2.85. The van der Waals surface area contributed by atoms with Crippen LogP contribution in [0.3, 0.4) is 0 Å². The summed E-state index contributed by atoms with van der Waals surface area (Å²) in [7, 11) is 1.46. The molecule has 1 aliphatic carbocycles. The maximum absolute atomic E-state index is 13.4. The number of carbonyl (C=O) groups is 2. The lowest BCUT2D eigenvalue weighted by molar-refractivity contribution is -0.161. The van der Waals surface area contributed by atoms with Crippen LogP contribution in [0.4, 0.5) is 0 Å². The number of para-hydroxylation sites is 1. The normalized spacial score (nSPS) is 32.8. The van der Waals surface area contributed by atoms with E-state index in [1.807, 2.05) is 29.2 Å². The smallest absolute Gasteiger partial charge is 0.319 e. The van der Waals surface area contributed by atoms with Gasteiger partial charge in [0, 0.05) is 23.1 Å². The van der Waals surface area contributed by atoms with E-state index in [9.17, 15) is 9.59 Å². The highest BCUT2D eigenvalue weighted by atomic mass is 16.5. The Bertz CT molecular complexity index is 901. The third-order valence-corrected chi connectivity index (χ3v) is 6.69. The Balaban J connectivity index is 1.86. The monoisotopic (exact) mass is 338 g/mol. The first-order valence-electron chi connectivity index (χ1n) is 9.12. The number of hydrogen-bond donors (Lipinski definition) is 1. The molecule has 4 aliphatic rings. The average Bonchev–Trinajstić information content (AvgIpc) is 3.05. The van der Waals surface area contributed by atoms with Crippen LogP contribution in [-0.2, 0) is 14.9 Å². The maximum atomic E-state index is 13.4. The Labute approximate surface area is 146 Å². The summed E-state index contributed by atoms with van der Waals surface area (Å²) in [6.07, 6.45) is 2.84. The number of fused-ring (bicyclic) bond motifs is 4. The van der Waals surface area contributed by atoms with Crippen LogP contribution < -0.4 is 0 Å². The number of aromatic amines is 1. The van der Waals surface area contributed by atoms with Gasteiger partial charge in [-0.25, -0.2) is 0 Å². The van der Waals surface area contributed by atoms with E-state index in [0.717, 1.165) is 42.4 Å². The second-order valence-corrected chi connectivity index (χ2v) is 7.76. The molecule has 3 fully saturated rings. The van der Waals surface area contributed by atoms with Crippen molar-refractivity contribution in [3.8, 4) is 0 Å². The highest BCUT2D eigenvalue weighted by Gasteiger charge is 2.66. The van der Waals surface area contributed by atoms with Crippen molar-refractivity contribution in [3.05, 3.63) is 35.5 Å². The number of amides is 1. The summed E-state index contributed by atoms with van der Waals surface area (Å²) in [4.78, 5) is 31.9. The zero-order valence-electron chi connectivity index (χ0n) is 14.5. The zero-order chi connectivity index (χ0) is 17.3. The molecular weight excluding hydrogens is 316 g/mol. The molecule has 6 rings (SSSR count). The number of ether oxygens (including phenoxy) is 1. The van der Waals surface area contributed by atoms with E-state index in [0.29, 0.717) is 17.4 Å². The van der Waals surface area contributed by atoms with E-state index in [1.54, 1.807) is 0 Å². The van der Waals surface area contributed by atoms with Crippen molar-refractivity contribution in [1.82, 2.24) is 9.88 Å². The number of carbonyl (C=O) groups excluding carboxylic acids is 2. The first-order chi connectivity index (χ1) is 12.1. The van der Waals surface area contributed by atoms with Crippen LogP contribution in [0.2, 0.25) is 0 Å². The summed E-state index contributed by atoms with van der Waals surface area (Å²) in [5.41, 5.74) is 1.63. The molecule has 1 aromatic heterocycles. The van der Waals surface area contributed by atoms with Gasteiger partial charge in [-0.05, 0) is 30.7 Å². The van der Waals surface area contributed by atoms with Crippen LogP contribution >= 0.6 is 0 Å². The molecule has 2 saturated heterocycles. The molecule has 4 atom stereocenters. The number of aromatic nitrogens is 1. The highest BCUT2D eigenvalue weighted by Crippen LogP contribution is 2.56. The molecule has 130 valence electrons. The number of rotatable bonds is 2. The van der Waals surface area contributed by atoms with Gasteiger partial charge in [-0.1, -0.05) is 31.5 Å². The summed E-state index contributed by atoms with van der Waals surface area (Å²) >= 11 is 0. The molecule has 1 unspecified atom stereocenters. The highest BCUT2D eigenvalue weighted by molar-refractivity contribution is 6.12. The van der Waals surface area contributed by atoms with Crippen molar-refractivity contribution in [2.75, 3.05) is 13.7 Å². The zero-order valence-corrected chi connectivity index (χ0v) is 14.5. The Morgan fingerprint density at radius 3 is 2.96 bits per heavy atom. The van der Waals surface area contributed by atoms with Gasteiger partial charge in [0.25, 0.3) is 5.91 Å². The van der Waals surface area contributed by atoms with Crippen molar-refractivity contribution < 1.29 is 14.3 Å². The third kappa shape index (κ3) is 1.64. The van der Waals surface area contributed by atoms with Gasteiger partial charge in [0.05, 0.1) is 18.7 Å². The fourth-order valence-electron chi connectivity index (χ4n) is 5.85. The summed E-state index contributed by atoms with van der Waals surface area (Å²) in [5.74, 6) is 0.568. The van der Waals surface area contributed by atoms with E-state index in [4.69, 9.17) is 4.74 Å². The van der Waals surface area contributed by atoms with Gasteiger partial charge in [-0.2, -0.15) is 0 Å². The minimum absolute atomic E-state index is 0.0693. The number of H-pyrrole nitrogens is 1. The molecule has 4 heterocycles. The predicted molar refractivity (Wildman–Crippen MR) is 93.3 cm³/mol. The van der Waals surface area contributed by atoms with Crippen LogP contribution in [0.1, 0.15) is 42.2 Å². The molecule has 5 nitrogen and oxygen atoms in total. The van der Waals surface area contributed by atoms with Crippen molar-refractivity contribution in [2.24, 2.45) is 11.8 Å². The number of benzene rings is 1. The van der Waals surface area contributed by atoms with E-state index in [1.165, 1.54) is 7.11 Å². The van der Waals surface area contributed by atoms with Gasteiger partial charge in [-0.3, -0.25) is 9.59 Å². The van der Waals surface area contributed by atoms with E-state index in [2.05, 4.69) is 11.9 Å². The van der Waals surface area contributed by atoms with Crippen LogP contribution in [-0.4, -0.2) is 41.5 Å². The Kier molecular flexibility index (Phi) is 2.92. The van der Waals surface area contributed by atoms with Crippen LogP contribution in [0.25, 0.3) is 10.9 Å².